The maximum Gasteiger partial charge on any atom is 0.336 e. The highest BCUT2D eigenvalue weighted by Crippen LogP contribution is 2.30. The van der Waals surface area contributed by atoms with Crippen molar-refractivity contribution in [3.63, 3.8) is 0 Å². The number of pyridine rings is 1. The number of sulfonamides is 1. The SMILES string of the molecule is CCCN1CCN(c2cc(C(=O)O)c3cc(NS(=O)(=O)c4ccc(OC)c(Cl)c4)ccc3n2)CC1. The molecule has 186 valence electrons. The van der Waals surface area contributed by atoms with E-state index >= 15 is 0 Å². The molecular formula is C24H27ClN4O5S. The van der Waals surface area contributed by atoms with Gasteiger partial charge < -0.3 is 14.7 Å². The van der Waals surface area contributed by atoms with Crippen LogP contribution in [0.3, 0.4) is 0 Å². The molecule has 1 fully saturated rings. The van der Waals surface area contributed by atoms with E-state index in [-0.39, 0.29) is 21.2 Å². The molecule has 0 radical (unpaired) electrons. The minimum atomic E-state index is -3.97. The number of carboxylic acid groups (broad SMARTS) is 1. The van der Waals surface area contributed by atoms with Gasteiger partial charge in [0.15, 0.2) is 0 Å². The Morgan fingerprint density at radius 2 is 1.89 bits per heavy atom. The Morgan fingerprint density at radius 3 is 2.51 bits per heavy atom. The number of hydrogen-bond acceptors (Lipinski definition) is 7. The number of rotatable bonds is 8. The van der Waals surface area contributed by atoms with Gasteiger partial charge >= 0.3 is 5.97 Å². The third kappa shape index (κ3) is 5.44. The standard InChI is InChI=1S/C24H27ClN4O5S/c1-3-8-28-9-11-29(12-10-28)23-15-19(24(30)31)18-13-16(4-6-21(18)26-23)27-35(32,33)17-5-7-22(34-2)20(25)14-17/h4-7,13-15,27H,3,8-12H2,1-2H3,(H,30,31). The van der Waals surface area contributed by atoms with Gasteiger partial charge in [-0.25, -0.2) is 18.2 Å². The molecule has 0 spiro atoms. The van der Waals surface area contributed by atoms with Gasteiger partial charge in [-0.1, -0.05) is 18.5 Å². The summed E-state index contributed by atoms with van der Waals surface area (Å²) in [6.45, 7) is 6.51. The third-order valence-electron chi connectivity index (χ3n) is 5.95. The highest BCUT2D eigenvalue weighted by molar-refractivity contribution is 7.92. The van der Waals surface area contributed by atoms with Crippen molar-refractivity contribution in [1.29, 1.82) is 0 Å². The fourth-order valence-electron chi connectivity index (χ4n) is 4.16. The van der Waals surface area contributed by atoms with E-state index < -0.39 is 16.0 Å². The van der Waals surface area contributed by atoms with Crippen LogP contribution in [0.5, 0.6) is 5.75 Å². The molecule has 1 aliphatic heterocycles. The summed E-state index contributed by atoms with van der Waals surface area (Å²) in [5, 5.41) is 10.4. The smallest absolute Gasteiger partial charge is 0.336 e. The number of aromatic nitrogens is 1. The van der Waals surface area contributed by atoms with Gasteiger partial charge in [-0.05, 0) is 55.4 Å². The van der Waals surface area contributed by atoms with Crippen LogP contribution in [0, 0.1) is 0 Å². The van der Waals surface area contributed by atoms with Crippen molar-refractivity contribution in [2.75, 3.05) is 49.5 Å². The second-order valence-corrected chi connectivity index (χ2v) is 10.4. The van der Waals surface area contributed by atoms with Gasteiger partial charge in [0.2, 0.25) is 0 Å². The molecule has 1 aliphatic rings. The molecule has 1 saturated heterocycles. The summed E-state index contributed by atoms with van der Waals surface area (Å²) in [7, 11) is -2.53. The lowest BCUT2D eigenvalue weighted by atomic mass is 10.1. The second-order valence-electron chi connectivity index (χ2n) is 8.30. The maximum atomic E-state index is 12.9. The topological polar surface area (TPSA) is 112 Å². The number of aromatic carboxylic acids is 1. The largest absolute Gasteiger partial charge is 0.495 e. The predicted octanol–water partition coefficient (Wildman–Crippen LogP) is 3.93. The zero-order valence-electron chi connectivity index (χ0n) is 19.5. The minimum absolute atomic E-state index is 0.0439. The van der Waals surface area contributed by atoms with Crippen molar-refractivity contribution >= 4 is 50.0 Å². The lowest BCUT2D eigenvalue weighted by Gasteiger charge is -2.35. The number of halogens is 1. The highest BCUT2D eigenvalue weighted by atomic mass is 35.5. The Hall–Kier alpha value is -3.08. The molecule has 0 bridgehead atoms. The first-order valence-corrected chi connectivity index (χ1v) is 13.1. The van der Waals surface area contributed by atoms with E-state index in [1.54, 1.807) is 18.2 Å². The molecule has 2 N–H and O–H groups in total. The number of carboxylic acids is 1. The summed E-state index contributed by atoms with van der Waals surface area (Å²) in [5.74, 6) is -0.145. The molecule has 35 heavy (non-hydrogen) atoms. The number of anilines is 2. The number of methoxy groups -OCH3 is 1. The van der Waals surface area contributed by atoms with Gasteiger partial charge in [0, 0.05) is 37.3 Å². The van der Waals surface area contributed by atoms with Crippen LogP contribution in [-0.2, 0) is 10.0 Å². The number of carbonyl (C=O) groups is 1. The first-order valence-electron chi connectivity index (χ1n) is 11.2. The molecule has 0 amide bonds. The number of nitrogens with one attached hydrogen (secondary N) is 1. The van der Waals surface area contributed by atoms with E-state index in [0.29, 0.717) is 22.5 Å². The van der Waals surface area contributed by atoms with Gasteiger partial charge in [0.25, 0.3) is 10.0 Å². The molecule has 4 rings (SSSR count). The van der Waals surface area contributed by atoms with Crippen LogP contribution in [-0.4, -0.2) is 69.2 Å². The van der Waals surface area contributed by atoms with Crippen LogP contribution in [0.2, 0.25) is 5.02 Å². The Balaban J connectivity index is 1.63. The van der Waals surface area contributed by atoms with E-state index in [9.17, 15) is 18.3 Å². The van der Waals surface area contributed by atoms with E-state index in [4.69, 9.17) is 16.3 Å². The highest BCUT2D eigenvalue weighted by Gasteiger charge is 2.22. The van der Waals surface area contributed by atoms with Crippen molar-refractivity contribution in [2.45, 2.75) is 18.2 Å². The van der Waals surface area contributed by atoms with Crippen LogP contribution in [0.15, 0.2) is 47.4 Å². The number of nitrogens with zero attached hydrogens (tertiary/aromatic N) is 3. The van der Waals surface area contributed by atoms with Crippen LogP contribution in [0.1, 0.15) is 23.7 Å². The lowest BCUT2D eigenvalue weighted by molar-refractivity contribution is 0.0699. The van der Waals surface area contributed by atoms with Gasteiger partial charge in [-0.15, -0.1) is 0 Å². The van der Waals surface area contributed by atoms with Crippen molar-refractivity contribution in [3.05, 3.63) is 53.1 Å². The predicted molar refractivity (Wildman–Crippen MR) is 136 cm³/mol. The van der Waals surface area contributed by atoms with Crippen LogP contribution >= 0.6 is 11.6 Å². The van der Waals surface area contributed by atoms with Crippen LogP contribution in [0.25, 0.3) is 10.9 Å². The Bertz CT molecular complexity index is 1360. The molecule has 0 atom stereocenters. The van der Waals surface area contributed by atoms with E-state index in [1.165, 1.54) is 31.4 Å². The molecule has 9 nitrogen and oxygen atoms in total. The number of fused-ring (bicyclic) bond motifs is 1. The quantitative estimate of drug-likeness (QED) is 0.461. The van der Waals surface area contributed by atoms with Gasteiger partial charge in [0.1, 0.15) is 11.6 Å². The van der Waals surface area contributed by atoms with Crippen molar-refractivity contribution in [3.8, 4) is 5.75 Å². The maximum absolute atomic E-state index is 12.9. The normalized spacial score (nSPS) is 14.8. The van der Waals surface area contributed by atoms with Crippen molar-refractivity contribution in [2.24, 2.45) is 0 Å². The van der Waals surface area contributed by atoms with Gasteiger partial charge in [-0.2, -0.15) is 0 Å². The molecular weight excluding hydrogens is 492 g/mol. The molecule has 0 saturated carbocycles. The number of piperazine rings is 1. The summed E-state index contributed by atoms with van der Waals surface area (Å²) < 4.78 is 33.3. The summed E-state index contributed by atoms with van der Waals surface area (Å²) in [5.41, 5.74) is 0.760. The molecule has 0 aliphatic carbocycles. The first-order chi connectivity index (χ1) is 16.7. The first kappa shape index (κ1) is 25.0. The fourth-order valence-corrected chi connectivity index (χ4v) is 5.56. The van der Waals surface area contributed by atoms with E-state index in [1.807, 2.05) is 0 Å². The molecule has 11 heteroatoms. The van der Waals surface area contributed by atoms with Crippen LogP contribution < -0.4 is 14.4 Å². The van der Waals surface area contributed by atoms with E-state index in [0.717, 1.165) is 39.1 Å². The van der Waals surface area contributed by atoms with E-state index in [2.05, 4.69) is 26.4 Å². The molecule has 2 aromatic carbocycles. The molecule has 0 unspecified atom stereocenters. The summed E-state index contributed by atoms with van der Waals surface area (Å²) in [6.07, 6.45) is 1.09. The molecule has 3 aromatic rings. The summed E-state index contributed by atoms with van der Waals surface area (Å²) in [4.78, 5) is 21.2. The third-order valence-corrected chi connectivity index (χ3v) is 7.62. The second kappa shape index (κ2) is 10.3. The zero-order chi connectivity index (χ0) is 25.2. The number of ether oxygens (including phenoxy) is 1. The summed E-state index contributed by atoms with van der Waals surface area (Å²) >= 11 is 6.08. The molecule has 1 aromatic heterocycles. The van der Waals surface area contributed by atoms with Crippen molar-refractivity contribution in [1.82, 2.24) is 9.88 Å². The van der Waals surface area contributed by atoms with Crippen molar-refractivity contribution < 1.29 is 23.1 Å². The fraction of sp³-hybridized carbons (Fsp3) is 0.333. The van der Waals surface area contributed by atoms with Gasteiger partial charge in [0.05, 0.1) is 28.1 Å². The Labute approximate surface area is 209 Å². The minimum Gasteiger partial charge on any atom is -0.495 e. The average Bonchev–Trinajstić information content (AvgIpc) is 2.83. The Kier molecular flexibility index (Phi) is 7.34. The zero-order valence-corrected chi connectivity index (χ0v) is 21.1. The lowest BCUT2D eigenvalue weighted by Crippen LogP contribution is -2.46. The summed E-state index contributed by atoms with van der Waals surface area (Å²) in [6, 6.07) is 10.4. The number of hydrogen-bond donors (Lipinski definition) is 2. The number of benzene rings is 2. The van der Waals surface area contributed by atoms with Crippen LogP contribution in [0.4, 0.5) is 11.5 Å². The average molecular weight is 519 g/mol. The molecule has 2 heterocycles. The van der Waals surface area contributed by atoms with Gasteiger partial charge in [-0.3, -0.25) is 9.62 Å². The Morgan fingerprint density at radius 1 is 1.14 bits per heavy atom. The monoisotopic (exact) mass is 518 g/mol.